The van der Waals surface area contributed by atoms with E-state index in [2.05, 4.69) is 9.69 Å². The van der Waals surface area contributed by atoms with Gasteiger partial charge in [-0.3, -0.25) is 0 Å². The minimum absolute atomic E-state index is 0.701. The Labute approximate surface area is 112 Å². The van der Waals surface area contributed by atoms with E-state index < -0.39 is 0 Å². The van der Waals surface area contributed by atoms with Gasteiger partial charge in [0.2, 0.25) is 0 Å². The first-order chi connectivity index (χ1) is 8.83. The van der Waals surface area contributed by atoms with Gasteiger partial charge in [0.05, 0.1) is 0 Å². The molecule has 3 aliphatic carbocycles. The Balaban J connectivity index is 1.44. The monoisotopic (exact) mass is 263 g/mol. The second-order valence-corrected chi connectivity index (χ2v) is 7.08. The smallest absolute Gasteiger partial charge is 0.142 e. The van der Waals surface area contributed by atoms with Gasteiger partial charge in [-0.05, 0) is 73.7 Å². The van der Waals surface area contributed by atoms with Crippen LogP contribution in [0.4, 0.5) is 10.8 Å². The molecule has 4 rings (SSSR count). The first kappa shape index (κ1) is 11.1. The van der Waals surface area contributed by atoms with Gasteiger partial charge in [-0.25, -0.2) is 0 Å². The molecule has 0 amide bonds. The van der Waals surface area contributed by atoms with E-state index in [-0.39, 0.29) is 0 Å². The lowest BCUT2D eigenvalue weighted by atomic mass is 9.98. The van der Waals surface area contributed by atoms with E-state index in [9.17, 15) is 0 Å². The van der Waals surface area contributed by atoms with Gasteiger partial charge in [0.15, 0.2) is 0 Å². The maximum absolute atomic E-state index is 5.99. The van der Waals surface area contributed by atoms with Crippen molar-refractivity contribution in [3.05, 3.63) is 5.56 Å². The Morgan fingerprint density at radius 1 is 1.17 bits per heavy atom. The lowest BCUT2D eigenvalue weighted by Gasteiger charge is -2.16. The van der Waals surface area contributed by atoms with E-state index in [1.807, 2.05) is 0 Å². The summed E-state index contributed by atoms with van der Waals surface area (Å²) in [6, 6.07) is 0. The zero-order valence-corrected chi connectivity index (χ0v) is 11.5. The van der Waals surface area contributed by atoms with Crippen molar-refractivity contribution in [2.45, 2.75) is 44.4 Å². The van der Waals surface area contributed by atoms with Gasteiger partial charge in [-0.15, -0.1) is 0 Å². The number of rotatable bonds is 6. The van der Waals surface area contributed by atoms with Crippen LogP contribution >= 0.6 is 11.5 Å². The molecule has 0 atom stereocenters. The second-order valence-electron chi connectivity index (χ2n) is 6.30. The standard InChI is InChI=1S/C14H21N3S/c15-13-12(10-5-6-10)14(18-17-13)16-7-11(8-1-2-8)9-3-4-9/h8-11,16H,1-7H2,(H2,15,17). The van der Waals surface area contributed by atoms with Crippen LogP contribution in [0.5, 0.6) is 0 Å². The fraction of sp³-hybridized carbons (Fsp3) is 0.786. The summed E-state index contributed by atoms with van der Waals surface area (Å²) in [5.74, 6) is 4.42. The third-order valence-electron chi connectivity index (χ3n) is 4.69. The number of hydrogen-bond acceptors (Lipinski definition) is 4. The third-order valence-corrected chi connectivity index (χ3v) is 5.53. The fourth-order valence-electron chi connectivity index (χ4n) is 3.18. The highest BCUT2D eigenvalue weighted by atomic mass is 32.1. The number of nitrogens with zero attached hydrogens (tertiary/aromatic N) is 1. The minimum Gasteiger partial charge on any atom is -0.383 e. The molecule has 3 nitrogen and oxygen atoms in total. The van der Waals surface area contributed by atoms with Gasteiger partial charge < -0.3 is 11.1 Å². The summed E-state index contributed by atoms with van der Waals surface area (Å²) >= 11 is 1.56. The molecule has 1 heterocycles. The second kappa shape index (κ2) is 4.12. The number of anilines is 2. The highest BCUT2D eigenvalue weighted by molar-refractivity contribution is 7.10. The third kappa shape index (κ3) is 2.11. The predicted molar refractivity (Wildman–Crippen MR) is 75.9 cm³/mol. The Hall–Kier alpha value is -0.770. The van der Waals surface area contributed by atoms with Crippen molar-refractivity contribution in [2.75, 3.05) is 17.6 Å². The van der Waals surface area contributed by atoms with Crippen LogP contribution in [0.3, 0.4) is 0 Å². The van der Waals surface area contributed by atoms with Crippen molar-refractivity contribution in [3.63, 3.8) is 0 Å². The summed E-state index contributed by atoms with van der Waals surface area (Å²) in [6.45, 7) is 1.15. The van der Waals surface area contributed by atoms with E-state index in [1.165, 1.54) is 49.1 Å². The number of aromatic nitrogens is 1. The van der Waals surface area contributed by atoms with Crippen LogP contribution in [-0.4, -0.2) is 10.9 Å². The van der Waals surface area contributed by atoms with Crippen molar-refractivity contribution in [1.29, 1.82) is 0 Å². The zero-order chi connectivity index (χ0) is 12.1. The van der Waals surface area contributed by atoms with Gasteiger partial charge in [-0.1, -0.05) is 0 Å². The molecule has 98 valence electrons. The number of nitrogen functional groups attached to an aromatic ring is 1. The lowest BCUT2D eigenvalue weighted by molar-refractivity contribution is 0.428. The fourth-order valence-corrected chi connectivity index (χ4v) is 3.99. The van der Waals surface area contributed by atoms with Gasteiger partial charge in [0, 0.05) is 12.1 Å². The Morgan fingerprint density at radius 2 is 1.83 bits per heavy atom. The van der Waals surface area contributed by atoms with Gasteiger partial charge in [0.1, 0.15) is 10.8 Å². The highest BCUT2D eigenvalue weighted by Crippen LogP contribution is 2.50. The summed E-state index contributed by atoms with van der Waals surface area (Å²) in [7, 11) is 0. The van der Waals surface area contributed by atoms with Crippen LogP contribution in [-0.2, 0) is 0 Å². The van der Waals surface area contributed by atoms with E-state index >= 15 is 0 Å². The van der Waals surface area contributed by atoms with Crippen molar-refractivity contribution in [1.82, 2.24) is 4.37 Å². The van der Waals surface area contributed by atoms with Crippen LogP contribution in [0.15, 0.2) is 0 Å². The maximum atomic E-state index is 5.99. The molecule has 3 aliphatic rings. The average molecular weight is 263 g/mol. The Bertz CT molecular complexity index is 432. The molecule has 0 spiro atoms. The summed E-state index contributed by atoms with van der Waals surface area (Å²) in [5, 5.41) is 4.94. The summed E-state index contributed by atoms with van der Waals surface area (Å²) < 4.78 is 4.33. The molecule has 3 saturated carbocycles. The van der Waals surface area contributed by atoms with Crippen molar-refractivity contribution >= 4 is 22.4 Å². The Morgan fingerprint density at radius 3 is 2.39 bits per heavy atom. The lowest BCUT2D eigenvalue weighted by Crippen LogP contribution is -2.18. The maximum Gasteiger partial charge on any atom is 0.142 e. The van der Waals surface area contributed by atoms with Gasteiger partial charge >= 0.3 is 0 Å². The van der Waals surface area contributed by atoms with Crippen LogP contribution in [0.25, 0.3) is 0 Å². The Kier molecular flexibility index (Phi) is 2.54. The normalized spacial score (nSPS) is 23.6. The van der Waals surface area contributed by atoms with E-state index in [4.69, 9.17) is 5.73 Å². The van der Waals surface area contributed by atoms with Crippen molar-refractivity contribution < 1.29 is 0 Å². The molecule has 3 N–H and O–H groups in total. The molecule has 3 fully saturated rings. The van der Waals surface area contributed by atoms with Crippen molar-refractivity contribution in [3.8, 4) is 0 Å². The number of nitrogens with one attached hydrogen (secondary N) is 1. The molecule has 0 aromatic carbocycles. The molecule has 1 aromatic rings. The quantitative estimate of drug-likeness (QED) is 0.826. The molecule has 0 saturated heterocycles. The van der Waals surface area contributed by atoms with Gasteiger partial charge in [-0.2, -0.15) is 4.37 Å². The molecule has 0 unspecified atom stereocenters. The topological polar surface area (TPSA) is 50.9 Å². The van der Waals surface area contributed by atoms with E-state index in [0.29, 0.717) is 5.92 Å². The van der Waals surface area contributed by atoms with Crippen LogP contribution in [0.2, 0.25) is 0 Å². The highest BCUT2D eigenvalue weighted by Gasteiger charge is 2.41. The predicted octanol–water partition coefficient (Wildman–Crippen LogP) is 3.45. The van der Waals surface area contributed by atoms with E-state index in [0.717, 1.165) is 30.1 Å². The number of hydrogen-bond donors (Lipinski definition) is 2. The van der Waals surface area contributed by atoms with Crippen LogP contribution < -0.4 is 11.1 Å². The average Bonchev–Trinajstić information content (AvgIpc) is 3.24. The summed E-state index contributed by atoms with van der Waals surface area (Å²) in [4.78, 5) is 0. The van der Waals surface area contributed by atoms with Crippen molar-refractivity contribution in [2.24, 2.45) is 17.8 Å². The van der Waals surface area contributed by atoms with E-state index in [1.54, 1.807) is 11.5 Å². The molecule has 4 heteroatoms. The molecule has 1 aromatic heterocycles. The SMILES string of the molecule is Nc1nsc(NCC(C2CC2)C2CC2)c1C1CC1. The summed E-state index contributed by atoms with van der Waals surface area (Å²) in [6.07, 6.45) is 8.44. The largest absolute Gasteiger partial charge is 0.383 e. The molecule has 18 heavy (non-hydrogen) atoms. The first-order valence-electron chi connectivity index (χ1n) is 7.32. The molecular weight excluding hydrogens is 242 g/mol. The molecule has 0 bridgehead atoms. The zero-order valence-electron chi connectivity index (χ0n) is 10.7. The summed E-state index contributed by atoms with van der Waals surface area (Å²) in [5.41, 5.74) is 7.32. The molecule has 0 radical (unpaired) electrons. The molecule has 0 aliphatic heterocycles. The van der Waals surface area contributed by atoms with Gasteiger partial charge in [0.25, 0.3) is 0 Å². The van der Waals surface area contributed by atoms with Crippen LogP contribution in [0, 0.1) is 17.8 Å². The minimum atomic E-state index is 0.701. The molecular formula is C14H21N3S. The number of nitrogens with two attached hydrogens (primary N) is 1. The first-order valence-corrected chi connectivity index (χ1v) is 8.09. The van der Waals surface area contributed by atoms with Crippen LogP contribution in [0.1, 0.15) is 50.0 Å².